The fraction of sp³-hybridized carbons (Fsp3) is 0.227. The molecule has 0 bridgehead atoms. The van der Waals surface area contributed by atoms with Crippen LogP contribution in [0.5, 0.6) is 0 Å². The molecular weight excluding hydrogens is 280 g/mol. The molecule has 0 saturated heterocycles. The Morgan fingerprint density at radius 1 is 0.913 bits per heavy atom. The van der Waals surface area contributed by atoms with Gasteiger partial charge in [0.25, 0.3) is 0 Å². The molecule has 0 N–H and O–H groups in total. The fourth-order valence-corrected chi connectivity index (χ4v) is 3.16. The van der Waals surface area contributed by atoms with Crippen molar-refractivity contribution in [3.63, 3.8) is 0 Å². The summed E-state index contributed by atoms with van der Waals surface area (Å²) in [5, 5.41) is 0. The van der Waals surface area contributed by atoms with Gasteiger partial charge in [-0.3, -0.25) is 4.79 Å². The van der Waals surface area contributed by atoms with Crippen molar-refractivity contribution in [2.45, 2.75) is 26.2 Å². The van der Waals surface area contributed by atoms with E-state index >= 15 is 0 Å². The van der Waals surface area contributed by atoms with Crippen LogP contribution in [0.25, 0.3) is 5.57 Å². The molecule has 1 aliphatic carbocycles. The van der Waals surface area contributed by atoms with Gasteiger partial charge in [-0.05, 0) is 23.1 Å². The Kier molecular flexibility index (Phi) is 4.87. The van der Waals surface area contributed by atoms with Crippen LogP contribution in [-0.2, 0) is 11.2 Å². The van der Waals surface area contributed by atoms with Crippen molar-refractivity contribution in [2.24, 2.45) is 5.92 Å². The molecule has 1 unspecified atom stereocenters. The summed E-state index contributed by atoms with van der Waals surface area (Å²) in [6.07, 6.45) is 6.43. The van der Waals surface area contributed by atoms with Crippen molar-refractivity contribution < 1.29 is 4.79 Å². The van der Waals surface area contributed by atoms with E-state index in [2.05, 4.69) is 43.3 Å². The summed E-state index contributed by atoms with van der Waals surface area (Å²) >= 11 is 0. The summed E-state index contributed by atoms with van der Waals surface area (Å²) in [7, 11) is 0. The van der Waals surface area contributed by atoms with Crippen molar-refractivity contribution >= 4 is 11.4 Å². The van der Waals surface area contributed by atoms with Crippen LogP contribution in [0.3, 0.4) is 0 Å². The lowest BCUT2D eigenvalue weighted by molar-refractivity contribution is -0.118. The maximum Gasteiger partial charge on any atom is 0.137 e. The monoisotopic (exact) mass is 302 g/mol. The Balaban J connectivity index is 1.53. The maximum absolute atomic E-state index is 12.2. The fourth-order valence-electron chi connectivity index (χ4n) is 3.16. The quantitative estimate of drug-likeness (QED) is 0.713. The number of hydrogen-bond donors (Lipinski definition) is 0. The summed E-state index contributed by atoms with van der Waals surface area (Å²) in [5.74, 6) is 0.722. The average Bonchev–Trinajstić information content (AvgIpc) is 2.95. The largest absolute Gasteiger partial charge is 0.299 e. The minimum atomic E-state index is 0.317. The van der Waals surface area contributed by atoms with Gasteiger partial charge in [-0.25, -0.2) is 0 Å². The first-order valence-corrected chi connectivity index (χ1v) is 8.26. The molecule has 0 saturated carbocycles. The number of carbonyl (C=O) groups is 1. The topological polar surface area (TPSA) is 17.1 Å². The van der Waals surface area contributed by atoms with Gasteiger partial charge in [0.05, 0.1) is 0 Å². The Bertz CT molecular complexity index is 723. The lowest BCUT2D eigenvalue weighted by Crippen LogP contribution is -2.05. The molecule has 23 heavy (non-hydrogen) atoms. The summed E-state index contributed by atoms with van der Waals surface area (Å²) < 4.78 is 0. The molecule has 1 heteroatoms. The van der Waals surface area contributed by atoms with Crippen LogP contribution in [0, 0.1) is 5.92 Å². The van der Waals surface area contributed by atoms with Gasteiger partial charge in [0.15, 0.2) is 0 Å². The van der Waals surface area contributed by atoms with Gasteiger partial charge in [-0.15, -0.1) is 0 Å². The molecule has 1 nitrogen and oxygen atoms in total. The molecule has 0 heterocycles. The van der Waals surface area contributed by atoms with Crippen LogP contribution >= 0.6 is 0 Å². The highest BCUT2D eigenvalue weighted by Gasteiger charge is 2.20. The third kappa shape index (κ3) is 3.87. The van der Waals surface area contributed by atoms with E-state index in [-0.39, 0.29) is 0 Å². The Hall–Kier alpha value is -2.41. The highest BCUT2D eigenvalue weighted by Crippen LogP contribution is 2.36. The number of hydrogen-bond acceptors (Lipinski definition) is 1. The molecule has 116 valence electrons. The van der Waals surface area contributed by atoms with Crippen molar-refractivity contribution in [3.05, 3.63) is 89.5 Å². The first-order chi connectivity index (χ1) is 11.2. The number of allylic oxidation sites excluding steroid dienone is 4. The predicted molar refractivity (Wildman–Crippen MR) is 96.1 cm³/mol. The van der Waals surface area contributed by atoms with Gasteiger partial charge >= 0.3 is 0 Å². The van der Waals surface area contributed by atoms with Crippen molar-refractivity contribution in [2.75, 3.05) is 0 Å². The summed E-state index contributed by atoms with van der Waals surface area (Å²) in [6, 6.07) is 20.5. The van der Waals surface area contributed by atoms with Gasteiger partial charge < -0.3 is 0 Å². The number of ketones is 1. The van der Waals surface area contributed by atoms with Crippen molar-refractivity contribution in [1.82, 2.24) is 0 Å². The molecule has 0 radical (unpaired) electrons. The second-order valence-corrected chi connectivity index (χ2v) is 6.15. The molecule has 0 amide bonds. The Morgan fingerprint density at radius 2 is 1.57 bits per heavy atom. The lowest BCUT2D eigenvalue weighted by Gasteiger charge is -2.15. The van der Waals surface area contributed by atoms with Gasteiger partial charge in [0.1, 0.15) is 5.78 Å². The first kappa shape index (κ1) is 15.5. The Morgan fingerprint density at radius 3 is 2.26 bits per heavy atom. The molecule has 0 aromatic heterocycles. The minimum Gasteiger partial charge on any atom is -0.299 e. The molecule has 0 fully saturated rings. The van der Waals surface area contributed by atoms with Gasteiger partial charge in [-0.1, -0.05) is 85.3 Å². The summed E-state index contributed by atoms with van der Waals surface area (Å²) in [6.45, 7) is 2.24. The van der Waals surface area contributed by atoms with Gasteiger partial charge in [-0.2, -0.15) is 0 Å². The zero-order valence-electron chi connectivity index (χ0n) is 13.5. The number of carbonyl (C=O) groups excluding carboxylic acids is 1. The number of Topliss-reactive ketones (excluding diaryl/α,β-unsaturated/α-hetero) is 1. The second-order valence-electron chi connectivity index (χ2n) is 6.15. The van der Waals surface area contributed by atoms with Crippen molar-refractivity contribution in [3.8, 4) is 0 Å². The van der Waals surface area contributed by atoms with Crippen LogP contribution in [0.2, 0.25) is 0 Å². The smallest absolute Gasteiger partial charge is 0.137 e. The van der Waals surface area contributed by atoms with E-state index in [1.54, 1.807) is 0 Å². The molecule has 0 spiro atoms. The lowest BCUT2D eigenvalue weighted by atomic mass is 9.89. The second kappa shape index (κ2) is 7.23. The molecular formula is C22H22O. The van der Waals surface area contributed by atoms with Crippen LogP contribution in [0.15, 0.2) is 78.4 Å². The predicted octanol–water partition coefficient (Wildman–Crippen LogP) is 5.24. The summed E-state index contributed by atoms with van der Waals surface area (Å²) in [4.78, 5) is 12.2. The van der Waals surface area contributed by atoms with E-state index in [4.69, 9.17) is 0 Å². The van der Waals surface area contributed by atoms with Gasteiger partial charge in [0, 0.05) is 18.8 Å². The average molecular weight is 302 g/mol. The SMILES string of the molecule is CC1C(CCC(=O)Cc2ccccc2)=CC=C1c1ccccc1. The van der Waals surface area contributed by atoms with E-state index in [0.29, 0.717) is 24.5 Å². The Labute approximate surface area is 138 Å². The number of rotatable bonds is 6. The van der Waals surface area contributed by atoms with Crippen LogP contribution < -0.4 is 0 Å². The molecule has 3 rings (SSSR count). The van der Waals surface area contributed by atoms with Crippen molar-refractivity contribution in [1.29, 1.82) is 0 Å². The van der Waals surface area contributed by atoms with E-state index < -0.39 is 0 Å². The molecule has 1 aliphatic rings. The maximum atomic E-state index is 12.2. The number of benzene rings is 2. The van der Waals surface area contributed by atoms with E-state index in [0.717, 1.165) is 12.0 Å². The molecule has 2 aromatic carbocycles. The normalized spacial score (nSPS) is 16.8. The zero-order chi connectivity index (χ0) is 16.1. The van der Waals surface area contributed by atoms with E-state index in [9.17, 15) is 4.79 Å². The van der Waals surface area contributed by atoms with E-state index in [1.807, 2.05) is 36.4 Å². The minimum absolute atomic E-state index is 0.317. The van der Waals surface area contributed by atoms with Crippen LogP contribution in [0.4, 0.5) is 0 Å². The third-order valence-corrected chi connectivity index (χ3v) is 4.54. The molecule has 1 atom stereocenters. The van der Waals surface area contributed by atoms with Crippen LogP contribution in [0.1, 0.15) is 30.9 Å². The van der Waals surface area contributed by atoms with Crippen LogP contribution in [-0.4, -0.2) is 5.78 Å². The van der Waals surface area contributed by atoms with E-state index in [1.165, 1.54) is 16.7 Å². The van der Waals surface area contributed by atoms with Gasteiger partial charge in [0.2, 0.25) is 0 Å². The first-order valence-electron chi connectivity index (χ1n) is 8.26. The molecule has 2 aromatic rings. The molecule has 0 aliphatic heterocycles. The summed E-state index contributed by atoms with van der Waals surface area (Å²) in [5.41, 5.74) is 5.11. The highest BCUT2D eigenvalue weighted by molar-refractivity contribution is 5.81. The third-order valence-electron chi connectivity index (χ3n) is 4.54. The highest BCUT2D eigenvalue weighted by atomic mass is 16.1. The standard InChI is InChI=1S/C22H22O/c1-17-19(13-15-22(17)20-10-6-3-7-11-20)12-14-21(23)16-18-8-4-2-5-9-18/h2-11,13,15,17H,12,14,16H2,1H3. The zero-order valence-corrected chi connectivity index (χ0v) is 13.5.